The van der Waals surface area contributed by atoms with E-state index in [1.807, 2.05) is 56.0 Å². The number of carbonyl (C=O) groups is 1. The van der Waals surface area contributed by atoms with Gasteiger partial charge in [-0.1, -0.05) is 30.3 Å². The first-order chi connectivity index (χ1) is 10.4. The fourth-order valence-electron chi connectivity index (χ4n) is 2.55. The molecule has 1 aliphatic heterocycles. The van der Waals surface area contributed by atoms with Crippen LogP contribution >= 0.6 is 0 Å². The smallest absolute Gasteiger partial charge is 0.326 e. The van der Waals surface area contributed by atoms with E-state index in [1.165, 1.54) is 0 Å². The van der Waals surface area contributed by atoms with Gasteiger partial charge in [0.1, 0.15) is 18.4 Å². The van der Waals surface area contributed by atoms with Crippen LogP contribution < -0.4 is 0 Å². The van der Waals surface area contributed by atoms with E-state index >= 15 is 0 Å². The molecule has 1 aromatic rings. The Morgan fingerprint density at radius 3 is 2.64 bits per heavy atom. The van der Waals surface area contributed by atoms with Crippen molar-refractivity contribution in [2.24, 2.45) is 0 Å². The number of benzene rings is 1. The minimum absolute atomic E-state index is 0.0359. The van der Waals surface area contributed by atoms with E-state index in [1.54, 1.807) is 7.11 Å². The van der Waals surface area contributed by atoms with Gasteiger partial charge in [0.05, 0.1) is 19.3 Å². The SMILES string of the molecule is COC[C@@H](c1ccccc1)N1COCC1C(=O)OC(C)(C)C. The van der Waals surface area contributed by atoms with Crippen molar-refractivity contribution in [1.29, 1.82) is 0 Å². The average molecular weight is 307 g/mol. The van der Waals surface area contributed by atoms with E-state index in [9.17, 15) is 4.79 Å². The van der Waals surface area contributed by atoms with Crippen LogP contribution in [0.15, 0.2) is 30.3 Å². The molecule has 1 fully saturated rings. The van der Waals surface area contributed by atoms with Gasteiger partial charge >= 0.3 is 5.97 Å². The third-order valence-corrected chi connectivity index (χ3v) is 3.50. The first-order valence-electron chi connectivity index (χ1n) is 7.52. The highest BCUT2D eigenvalue weighted by atomic mass is 16.6. The number of nitrogens with zero attached hydrogens (tertiary/aromatic N) is 1. The van der Waals surface area contributed by atoms with Crippen molar-refractivity contribution in [2.75, 3.05) is 27.1 Å². The summed E-state index contributed by atoms with van der Waals surface area (Å²) >= 11 is 0. The fourth-order valence-corrected chi connectivity index (χ4v) is 2.55. The summed E-state index contributed by atoms with van der Waals surface area (Å²) in [6.07, 6.45) is 0. The quantitative estimate of drug-likeness (QED) is 0.782. The molecule has 0 N–H and O–H groups in total. The van der Waals surface area contributed by atoms with Gasteiger partial charge in [0.2, 0.25) is 0 Å². The normalized spacial score (nSPS) is 20.8. The molecule has 0 saturated carbocycles. The third-order valence-electron chi connectivity index (χ3n) is 3.50. The molecular formula is C17H25NO4. The predicted molar refractivity (Wildman–Crippen MR) is 83.4 cm³/mol. The Kier molecular flexibility index (Phi) is 5.56. The van der Waals surface area contributed by atoms with E-state index in [4.69, 9.17) is 14.2 Å². The second kappa shape index (κ2) is 7.22. The maximum absolute atomic E-state index is 12.4. The lowest BCUT2D eigenvalue weighted by Gasteiger charge is -2.31. The fraction of sp³-hybridized carbons (Fsp3) is 0.588. The Morgan fingerprint density at radius 1 is 1.36 bits per heavy atom. The molecule has 1 heterocycles. The molecule has 1 unspecified atom stereocenters. The number of hydrogen-bond acceptors (Lipinski definition) is 5. The number of hydrogen-bond donors (Lipinski definition) is 0. The van der Waals surface area contributed by atoms with Crippen LogP contribution in [0.25, 0.3) is 0 Å². The summed E-state index contributed by atoms with van der Waals surface area (Å²) in [5, 5.41) is 0. The van der Waals surface area contributed by atoms with Crippen molar-refractivity contribution in [2.45, 2.75) is 38.5 Å². The van der Waals surface area contributed by atoms with Gasteiger partial charge in [0.25, 0.3) is 0 Å². The van der Waals surface area contributed by atoms with Crippen LogP contribution in [0.4, 0.5) is 0 Å². The van der Waals surface area contributed by atoms with Crippen molar-refractivity contribution in [1.82, 2.24) is 4.90 Å². The molecule has 122 valence electrons. The van der Waals surface area contributed by atoms with Gasteiger partial charge in [-0.2, -0.15) is 0 Å². The second-order valence-electron chi connectivity index (χ2n) is 6.45. The first kappa shape index (κ1) is 16.9. The van der Waals surface area contributed by atoms with E-state index in [-0.39, 0.29) is 12.0 Å². The standard InChI is InChI=1S/C17H25NO4/c1-17(2,3)22-16(19)15-11-21-12-18(15)14(10-20-4)13-8-6-5-7-9-13/h5-9,14-15H,10-12H2,1-4H3/t14-,15?/m0/s1. The van der Waals surface area contributed by atoms with Gasteiger partial charge in [0, 0.05) is 7.11 Å². The lowest BCUT2D eigenvalue weighted by atomic mass is 10.0. The van der Waals surface area contributed by atoms with Crippen molar-refractivity contribution in [3.05, 3.63) is 35.9 Å². The van der Waals surface area contributed by atoms with E-state index in [0.29, 0.717) is 19.9 Å². The molecule has 1 aromatic carbocycles. The average Bonchev–Trinajstić information content (AvgIpc) is 2.93. The molecule has 0 aromatic heterocycles. The van der Waals surface area contributed by atoms with Crippen molar-refractivity contribution >= 4 is 5.97 Å². The molecule has 0 spiro atoms. The van der Waals surface area contributed by atoms with Gasteiger partial charge in [-0.3, -0.25) is 9.69 Å². The van der Waals surface area contributed by atoms with E-state index in [0.717, 1.165) is 5.56 Å². The van der Waals surface area contributed by atoms with Crippen LogP contribution in [0.5, 0.6) is 0 Å². The summed E-state index contributed by atoms with van der Waals surface area (Å²) in [5.41, 5.74) is 0.595. The van der Waals surface area contributed by atoms with Crippen LogP contribution in [0.1, 0.15) is 32.4 Å². The number of carbonyl (C=O) groups excluding carboxylic acids is 1. The summed E-state index contributed by atoms with van der Waals surface area (Å²) < 4.78 is 16.4. The van der Waals surface area contributed by atoms with Crippen LogP contribution in [0.3, 0.4) is 0 Å². The summed E-state index contributed by atoms with van der Waals surface area (Å²) in [6.45, 7) is 6.85. The highest BCUT2D eigenvalue weighted by molar-refractivity contribution is 5.76. The zero-order valence-electron chi connectivity index (χ0n) is 13.7. The van der Waals surface area contributed by atoms with Gasteiger partial charge in [-0.05, 0) is 26.3 Å². The van der Waals surface area contributed by atoms with E-state index in [2.05, 4.69) is 0 Å². The molecule has 2 atom stereocenters. The lowest BCUT2D eigenvalue weighted by molar-refractivity contribution is -0.161. The van der Waals surface area contributed by atoms with Crippen LogP contribution in [-0.2, 0) is 19.0 Å². The molecule has 5 heteroatoms. The highest BCUT2D eigenvalue weighted by Crippen LogP contribution is 2.28. The molecule has 0 radical (unpaired) electrons. The van der Waals surface area contributed by atoms with Crippen molar-refractivity contribution < 1.29 is 19.0 Å². The van der Waals surface area contributed by atoms with Crippen LogP contribution in [0, 0.1) is 0 Å². The number of methoxy groups -OCH3 is 1. The molecule has 0 amide bonds. The minimum atomic E-state index is -0.505. The first-order valence-corrected chi connectivity index (χ1v) is 7.52. The Balaban J connectivity index is 2.17. The monoisotopic (exact) mass is 307 g/mol. The molecule has 0 bridgehead atoms. The second-order valence-corrected chi connectivity index (χ2v) is 6.45. The molecule has 1 saturated heterocycles. The largest absolute Gasteiger partial charge is 0.459 e. The predicted octanol–water partition coefficient (Wildman–Crippen LogP) is 2.37. The molecule has 2 rings (SSSR count). The Bertz CT molecular complexity index is 483. The molecular weight excluding hydrogens is 282 g/mol. The molecule has 5 nitrogen and oxygen atoms in total. The van der Waals surface area contributed by atoms with Crippen LogP contribution in [0.2, 0.25) is 0 Å². The van der Waals surface area contributed by atoms with Gasteiger partial charge in [0.15, 0.2) is 0 Å². The Hall–Kier alpha value is -1.43. The maximum Gasteiger partial charge on any atom is 0.326 e. The molecule has 1 aliphatic rings. The van der Waals surface area contributed by atoms with E-state index < -0.39 is 11.6 Å². The van der Waals surface area contributed by atoms with Gasteiger partial charge in [-0.15, -0.1) is 0 Å². The van der Waals surface area contributed by atoms with Gasteiger partial charge in [-0.25, -0.2) is 0 Å². The van der Waals surface area contributed by atoms with Crippen LogP contribution in [-0.4, -0.2) is 49.6 Å². The minimum Gasteiger partial charge on any atom is -0.459 e. The summed E-state index contributed by atoms with van der Waals surface area (Å²) in [4.78, 5) is 14.4. The molecule has 22 heavy (non-hydrogen) atoms. The summed E-state index contributed by atoms with van der Waals surface area (Å²) in [6, 6.07) is 9.57. The Labute approximate surface area is 132 Å². The summed E-state index contributed by atoms with van der Waals surface area (Å²) in [7, 11) is 1.66. The zero-order valence-corrected chi connectivity index (χ0v) is 13.7. The maximum atomic E-state index is 12.4. The van der Waals surface area contributed by atoms with Crippen molar-refractivity contribution in [3.8, 4) is 0 Å². The zero-order chi connectivity index (χ0) is 16.2. The van der Waals surface area contributed by atoms with Crippen molar-refractivity contribution in [3.63, 3.8) is 0 Å². The highest BCUT2D eigenvalue weighted by Gasteiger charge is 2.39. The van der Waals surface area contributed by atoms with Gasteiger partial charge < -0.3 is 14.2 Å². The molecule has 0 aliphatic carbocycles. The summed E-state index contributed by atoms with van der Waals surface area (Å²) in [5.74, 6) is -0.248. The number of ether oxygens (including phenoxy) is 3. The Morgan fingerprint density at radius 2 is 2.05 bits per heavy atom. The lowest BCUT2D eigenvalue weighted by Crippen LogP contribution is -2.44. The number of rotatable bonds is 5. The number of esters is 1. The third kappa shape index (κ3) is 4.29. The topological polar surface area (TPSA) is 48.0 Å².